The summed E-state index contributed by atoms with van der Waals surface area (Å²) in [4.78, 5) is 10.4. The van der Waals surface area contributed by atoms with Crippen LogP contribution in [0, 0.1) is 13.8 Å². The second-order valence-corrected chi connectivity index (χ2v) is 4.64. The minimum atomic E-state index is -0.993. The molecule has 0 amide bonds. The summed E-state index contributed by atoms with van der Waals surface area (Å²) in [7, 11) is 0. The molecule has 1 aromatic heterocycles. The van der Waals surface area contributed by atoms with Gasteiger partial charge in [-0.2, -0.15) is 0 Å². The zero-order chi connectivity index (χ0) is 14.0. The first kappa shape index (κ1) is 13.5. The van der Waals surface area contributed by atoms with Gasteiger partial charge in [0.25, 0.3) is 0 Å². The van der Waals surface area contributed by atoms with Gasteiger partial charge in [-0.05, 0) is 44.2 Å². The number of aryl methyl sites for hydroxylation is 1. The largest absolute Gasteiger partial charge is 0.482 e. The molecule has 0 spiro atoms. The topological polar surface area (TPSA) is 51.5 Å². The molecule has 0 aliphatic rings. The third-order valence-electron chi connectivity index (χ3n) is 2.83. The zero-order valence-electron chi connectivity index (χ0n) is 10.7. The summed E-state index contributed by atoms with van der Waals surface area (Å²) in [6.45, 7) is 3.59. The minimum absolute atomic E-state index is 0.341. The lowest BCUT2D eigenvalue weighted by atomic mass is 10.3. The second-order valence-electron chi connectivity index (χ2n) is 4.23. The third-order valence-corrected chi connectivity index (χ3v) is 3.21. The van der Waals surface area contributed by atoms with Crippen molar-refractivity contribution in [3.8, 4) is 11.4 Å². The molecular formula is C14H14ClNO3. The van der Waals surface area contributed by atoms with E-state index in [4.69, 9.17) is 21.4 Å². The molecule has 1 heterocycles. The van der Waals surface area contributed by atoms with Crippen LogP contribution in [0.2, 0.25) is 5.02 Å². The molecule has 0 saturated carbocycles. The highest BCUT2D eigenvalue weighted by Crippen LogP contribution is 2.25. The van der Waals surface area contributed by atoms with Crippen molar-refractivity contribution in [1.29, 1.82) is 0 Å². The Morgan fingerprint density at radius 3 is 2.42 bits per heavy atom. The molecular weight excluding hydrogens is 266 g/mol. The fourth-order valence-corrected chi connectivity index (χ4v) is 2.20. The highest BCUT2D eigenvalue weighted by Gasteiger charge is 2.09. The van der Waals surface area contributed by atoms with Crippen LogP contribution in [0.5, 0.6) is 5.75 Å². The maximum Gasteiger partial charge on any atom is 0.341 e. The van der Waals surface area contributed by atoms with Gasteiger partial charge in [0.15, 0.2) is 6.61 Å². The van der Waals surface area contributed by atoms with E-state index in [9.17, 15) is 4.79 Å². The van der Waals surface area contributed by atoms with E-state index in [1.165, 1.54) is 0 Å². The Balaban J connectivity index is 2.25. The highest BCUT2D eigenvalue weighted by atomic mass is 35.5. The SMILES string of the molecule is Cc1cc(Cl)c(C)n1-c1ccc(OCC(=O)O)cc1. The van der Waals surface area contributed by atoms with Crippen LogP contribution in [0.15, 0.2) is 30.3 Å². The lowest BCUT2D eigenvalue weighted by Gasteiger charge is -2.10. The van der Waals surface area contributed by atoms with Crippen molar-refractivity contribution in [2.45, 2.75) is 13.8 Å². The summed E-state index contributed by atoms with van der Waals surface area (Å²) in [6, 6.07) is 9.13. The van der Waals surface area contributed by atoms with Gasteiger partial charge in [0.1, 0.15) is 5.75 Å². The lowest BCUT2D eigenvalue weighted by molar-refractivity contribution is -0.139. The van der Waals surface area contributed by atoms with Gasteiger partial charge in [0.2, 0.25) is 0 Å². The van der Waals surface area contributed by atoms with Crippen molar-refractivity contribution in [3.63, 3.8) is 0 Å². The van der Waals surface area contributed by atoms with Crippen molar-refractivity contribution in [3.05, 3.63) is 46.7 Å². The molecule has 0 saturated heterocycles. The van der Waals surface area contributed by atoms with Crippen molar-refractivity contribution < 1.29 is 14.6 Å². The number of ether oxygens (including phenoxy) is 1. The molecule has 1 aromatic carbocycles. The smallest absolute Gasteiger partial charge is 0.341 e. The van der Waals surface area contributed by atoms with Crippen LogP contribution in [-0.2, 0) is 4.79 Å². The first-order valence-corrected chi connectivity index (χ1v) is 6.16. The van der Waals surface area contributed by atoms with Gasteiger partial charge in [0, 0.05) is 17.1 Å². The maximum absolute atomic E-state index is 10.4. The summed E-state index contributed by atoms with van der Waals surface area (Å²) in [5.74, 6) is -0.465. The number of nitrogens with zero attached hydrogens (tertiary/aromatic N) is 1. The van der Waals surface area contributed by atoms with Crippen LogP contribution in [0.3, 0.4) is 0 Å². The number of carboxylic acid groups (broad SMARTS) is 1. The van der Waals surface area contributed by atoms with Crippen LogP contribution >= 0.6 is 11.6 Å². The van der Waals surface area contributed by atoms with Gasteiger partial charge in [-0.25, -0.2) is 4.79 Å². The van der Waals surface area contributed by atoms with Gasteiger partial charge in [0.05, 0.1) is 5.02 Å². The van der Waals surface area contributed by atoms with Gasteiger partial charge in [-0.1, -0.05) is 11.6 Å². The zero-order valence-corrected chi connectivity index (χ0v) is 11.4. The van der Waals surface area contributed by atoms with Crippen LogP contribution in [0.25, 0.3) is 5.69 Å². The fourth-order valence-electron chi connectivity index (χ4n) is 1.96. The first-order chi connectivity index (χ1) is 8.99. The molecule has 1 N–H and O–H groups in total. The minimum Gasteiger partial charge on any atom is -0.482 e. The normalized spacial score (nSPS) is 10.5. The maximum atomic E-state index is 10.4. The molecule has 5 heteroatoms. The van der Waals surface area contributed by atoms with E-state index >= 15 is 0 Å². The molecule has 0 aliphatic carbocycles. The van der Waals surface area contributed by atoms with E-state index in [1.807, 2.05) is 36.6 Å². The molecule has 0 bridgehead atoms. The number of aliphatic carboxylic acids is 1. The van der Waals surface area contributed by atoms with E-state index < -0.39 is 5.97 Å². The Morgan fingerprint density at radius 1 is 1.32 bits per heavy atom. The van der Waals surface area contributed by atoms with Crippen molar-refractivity contribution in [1.82, 2.24) is 4.57 Å². The molecule has 0 unspecified atom stereocenters. The molecule has 19 heavy (non-hydrogen) atoms. The van der Waals surface area contributed by atoms with Crippen molar-refractivity contribution >= 4 is 17.6 Å². The Bertz CT molecular complexity index is 602. The number of carbonyl (C=O) groups is 1. The molecule has 0 atom stereocenters. The number of hydrogen-bond donors (Lipinski definition) is 1. The number of hydrogen-bond acceptors (Lipinski definition) is 2. The van der Waals surface area contributed by atoms with Crippen LogP contribution in [0.1, 0.15) is 11.4 Å². The summed E-state index contributed by atoms with van der Waals surface area (Å²) < 4.78 is 7.12. The predicted molar refractivity (Wildman–Crippen MR) is 73.4 cm³/mol. The lowest BCUT2D eigenvalue weighted by Crippen LogP contribution is -2.09. The number of aromatic nitrogens is 1. The molecule has 2 rings (SSSR count). The Labute approximate surface area is 116 Å². The summed E-state index contributed by atoms with van der Waals surface area (Å²) in [5, 5.41) is 9.26. The van der Waals surface area contributed by atoms with Gasteiger partial charge in [-0.15, -0.1) is 0 Å². The fraction of sp³-hybridized carbons (Fsp3) is 0.214. The standard InChI is InChI=1S/C14H14ClNO3/c1-9-7-13(15)10(2)16(9)11-3-5-12(6-4-11)19-8-14(17)18/h3-7H,8H2,1-2H3,(H,17,18). The van der Waals surface area contributed by atoms with E-state index in [0.717, 1.165) is 22.1 Å². The summed E-state index contributed by atoms with van der Waals surface area (Å²) >= 11 is 6.09. The average molecular weight is 280 g/mol. The average Bonchev–Trinajstić information content (AvgIpc) is 2.62. The molecule has 100 valence electrons. The monoisotopic (exact) mass is 279 g/mol. The molecule has 0 fully saturated rings. The van der Waals surface area contributed by atoms with Crippen molar-refractivity contribution in [2.24, 2.45) is 0 Å². The summed E-state index contributed by atoms with van der Waals surface area (Å²) in [5.41, 5.74) is 2.98. The molecule has 4 nitrogen and oxygen atoms in total. The third kappa shape index (κ3) is 2.90. The Hall–Kier alpha value is -1.94. The van der Waals surface area contributed by atoms with E-state index in [2.05, 4.69) is 0 Å². The van der Waals surface area contributed by atoms with Gasteiger partial charge in [-0.3, -0.25) is 0 Å². The van der Waals surface area contributed by atoms with Crippen LogP contribution < -0.4 is 4.74 Å². The highest BCUT2D eigenvalue weighted by molar-refractivity contribution is 6.31. The molecule has 2 aromatic rings. The van der Waals surface area contributed by atoms with Gasteiger partial charge >= 0.3 is 5.97 Å². The number of benzene rings is 1. The van der Waals surface area contributed by atoms with E-state index in [0.29, 0.717) is 5.75 Å². The predicted octanol–water partition coefficient (Wildman–Crippen LogP) is 3.21. The summed E-state index contributed by atoms with van der Waals surface area (Å²) in [6.07, 6.45) is 0. The first-order valence-electron chi connectivity index (χ1n) is 5.78. The number of halogens is 1. The molecule has 0 radical (unpaired) electrons. The van der Waals surface area contributed by atoms with E-state index in [-0.39, 0.29) is 6.61 Å². The number of carboxylic acids is 1. The Morgan fingerprint density at radius 2 is 1.95 bits per heavy atom. The van der Waals surface area contributed by atoms with Crippen LogP contribution in [0.4, 0.5) is 0 Å². The molecule has 0 aliphatic heterocycles. The van der Waals surface area contributed by atoms with Crippen molar-refractivity contribution in [2.75, 3.05) is 6.61 Å². The van der Waals surface area contributed by atoms with E-state index in [1.54, 1.807) is 12.1 Å². The quantitative estimate of drug-likeness (QED) is 0.935. The van der Waals surface area contributed by atoms with Crippen LogP contribution in [-0.4, -0.2) is 22.2 Å². The van der Waals surface area contributed by atoms with Gasteiger partial charge < -0.3 is 14.4 Å². The number of rotatable bonds is 4. The Kier molecular flexibility index (Phi) is 3.81. The second kappa shape index (κ2) is 5.36.